The number of hydrogen-bond acceptors (Lipinski definition) is 4. The van der Waals surface area contributed by atoms with Gasteiger partial charge in [0.1, 0.15) is 6.54 Å². The quantitative estimate of drug-likeness (QED) is 0.731. The summed E-state index contributed by atoms with van der Waals surface area (Å²) < 4.78 is 3.47. The zero-order valence-electron chi connectivity index (χ0n) is 13.8. The Labute approximate surface area is 134 Å². The molecule has 0 saturated carbocycles. The van der Waals surface area contributed by atoms with Crippen LogP contribution in [0.15, 0.2) is 24.5 Å². The van der Waals surface area contributed by atoms with E-state index in [0.29, 0.717) is 6.54 Å². The molecule has 3 aromatic rings. The van der Waals surface area contributed by atoms with E-state index in [1.54, 1.807) is 29.0 Å². The molecule has 0 radical (unpaired) electrons. The third-order valence-electron chi connectivity index (χ3n) is 4.15. The van der Waals surface area contributed by atoms with Crippen molar-refractivity contribution in [1.82, 2.24) is 29.4 Å². The van der Waals surface area contributed by atoms with E-state index in [-0.39, 0.29) is 12.5 Å². The second-order valence-electron chi connectivity index (χ2n) is 5.75. The van der Waals surface area contributed by atoms with Gasteiger partial charge in [-0.2, -0.15) is 10.2 Å². The molecule has 120 valence electrons. The molecule has 3 heterocycles. The number of fused-ring (bicyclic) bond motifs is 1. The predicted molar refractivity (Wildman–Crippen MR) is 86.7 cm³/mol. The lowest BCUT2D eigenvalue weighted by Crippen LogP contribution is -2.30. The van der Waals surface area contributed by atoms with Crippen LogP contribution in [-0.4, -0.2) is 42.4 Å². The van der Waals surface area contributed by atoms with Crippen molar-refractivity contribution in [2.24, 2.45) is 7.05 Å². The zero-order chi connectivity index (χ0) is 16.6. The van der Waals surface area contributed by atoms with Gasteiger partial charge in [-0.15, -0.1) is 0 Å². The molecule has 0 atom stereocenters. The first kappa shape index (κ1) is 15.2. The highest BCUT2D eigenvalue weighted by Crippen LogP contribution is 2.15. The maximum atomic E-state index is 12.5. The van der Waals surface area contributed by atoms with Crippen LogP contribution in [0.1, 0.15) is 17.0 Å². The third kappa shape index (κ3) is 2.81. The first-order chi connectivity index (χ1) is 11.0. The van der Waals surface area contributed by atoms with Gasteiger partial charge in [-0.05, 0) is 26.0 Å². The Morgan fingerprint density at radius 3 is 2.83 bits per heavy atom. The second-order valence-corrected chi connectivity index (χ2v) is 5.75. The van der Waals surface area contributed by atoms with Gasteiger partial charge in [-0.1, -0.05) is 0 Å². The molecule has 0 bridgehead atoms. The monoisotopic (exact) mass is 312 g/mol. The molecule has 0 aliphatic carbocycles. The summed E-state index contributed by atoms with van der Waals surface area (Å²) >= 11 is 0. The molecular weight excluding hydrogens is 292 g/mol. The smallest absolute Gasteiger partial charge is 0.244 e. The van der Waals surface area contributed by atoms with Crippen LogP contribution in [0.2, 0.25) is 0 Å². The van der Waals surface area contributed by atoms with Crippen LogP contribution in [0.3, 0.4) is 0 Å². The predicted octanol–water partition coefficient (Wildman–Crippen LogP) is 1.44. The molecule has 0 aliphatic heterocycles. The molecule has 0 spiro atoms. The molecule has 7 heteroatoms. The number of carbonyl (C=O) groups is 1. The average Bonchev–Trinajstić information content (AvgIpc) is 3.02. The minimum atomic E-state index is -0.0108. The van der Waals surface area contributed by atoms with Crippen molar-refractivity contribution < 1.29 is 4.79 Å². The fraction of sp³-hybridized carbons (Fsp3) is 0.375. The fourth-order valence-corrected chi connectivity index (χ4v) is 2.57. The minimum Gasteiger partial charge on any atom is -0.340 e. The van der Waals surface area contributed by atoms with Gasteiger partial charge < -0.3 is 4.90 Å². The molecule has 0 unspecified atom stereocenters. The topological polar surface area (TPSA) is 68.8 Å². The van der Waals surface area contributed by atoms with E-state index in [4.69, 9.17) is 0 Å². The molecule has 0 aliphatic rings. The molecule has 7 nitrogen and oxygen atoms in total. The van der Waals surface area contributed by atoms with Crippen molar-refractivity contribution in [3.05, 3.63) is 41.5 Å². The number of carbonyl (C=O) groups excluding carboxylic acids is 1. The summed E-state index contributed by atoms with van der Waals surface area (Å²) in [5, 5.41) is 9.62. The zero-order valence-corrected chi connectivity index (χ0v) is 13.8. The Kier molecular flexibility index (Phi) is 3.85. The van der Waals surface area contributed by atoms with Crippen LogP contribution >= 0.6 is 0 Å². The summed E-state index contributed by atoms with van der Waals surface area (Å²) in [5.41, 5.74) is 3.73. The Hall–Kier alpha value is -2.70. The summed E-state index contributed by atoms with van der Waals surface area (Å²) in [5.74, 6) is -0.0108. The molecule has 3 rings (SSSR count). The Morgan fingerprint density at radius 2 is 2.13 bits per heavy atom. The number of aryl methyl sites for hydroxylation is 2. The molecule has 0 saturated heterocycles. The van der Waals surface area contributed by atoms with Crippen LogP contribution in [0.4, 0.5) is 0 Å². The van der Waals surface area contributed by atoms with Gasteiger partial charge in [0, 0.05) is 43.5 Å². The van der Waals surface area contributed by atoms with Gasteiger partial charge in [0.15, 0.2) is 5.65 Å². The number of amides is 1. The van der Waals surface area contributed by atoms with E-state index in [0.717, 1.165) is 28.0 Å². The molecule has 23 heavy (non-hydrogen) atoms. The van der Waals surface area contributed by atoms with E-state index < -0.39 is 0 Å². The van der Waals surface area contributed by atoms with Crippen molar-refractivity contribution in [2.45, 2.75) is 26.9 Å². The molecule has 0 aromatic carbocycles. The Bertz CT molecular complexity index is 863. The summed E-state index contributed by atoms with van der Waals surface area (Å²) in [7, 11) is 3.69. The van der Waals surface area contributed by atoms with E-state index in [1.165, 1.54) is 0 Å². The van der Waals surface area contributed by atoms with Crippen LogP contribution in [0.5, 0.6) is 0 Å². The van der Waals surface area contributed by atoms with Gasteiger partial charge in [0.2, 0.25) is 5.91 Å². The van der Waals surface area contributed by atoms with Crippen LogP contribution in [-0.2, 0) is 24.9 Å². The van der Waals surface area contributed by atoms with Crippen LogP contribution in [0.25, 0.3) is 11.0 Å². The largest absolute Gasteiger partial charge is 0.340 e. The van der Waals surface area contributed by atoms with Crippen molar-refractivity contribution >= 4 is 16.9 Å². The van der Waals surface area contributed by atoms with Crippen molar-refractivity contribution in [3.63, 3.8) is 0 Å². The highest BCUT2D eigenvalue weighted by atomic mass is 16.2. The third-order valence-corrected chi connectivity index (χ3v) is 4.15. The lowest BCUT2D eigenvalue weighted by Gasteiger charge is -2.17. The first-order valence-electron chi connectivity index (χ1n) is 7.47. The van der Waals surface area contributed by atoms with Crippen LogP contribution in [0, 0.1) is 13.8 Å². The first-order valence-corrected chi connectivity index (χ1v) is 7.47. The number of hydrogen-bond donors (Lipinski definition) is 0. The van der Waals surface area contributed by atoms with Gasteiger partial charge in [0.05, 0.1) is 11.9 Å². The van der Waals surface area contributed by atoms with E-state index >= 15 is 0 Å². The molecular formula is C16H20N6O. The number of aromatic nitrogens is 5. The Morgan fingerprint density at radius 1 is 1.35 bits per heavy atom. The van der Waals surface area contributed by atoms with Gasteiger partial charge in [-0.3, -0.25) is 9.48 Å². The maximum absolute atomic E-state index is 12.5. The minimum absolute atomic E-state index is 0.0108. The summed E-state index contributed by atoms with van der Waals surface area (Å²) in [4.78, 5) is 18.5. The molecule has 1 amide bonds. The SMILES string of the molecule is Cc1nn(CC(=O)N(C)Cc2cnn(C)c2C)c2ncccc12. The van der Waals surface area contributed by atoms with Crippen molar-refractivity contribution in [1.29, 1.82) is 0 Å². The van der Waals surface area contributed by atoms with Gasteiger partial charge in [-0.25, -0.2) is 9.67 Å². The van der Waals surface area contributed by atoms with E-state index in [9.17, 15) is 4.79 Å². The average molecular weight is 312 g/mol. The van der Waals surface area contributed by atoms with E-state index in [2.05, 4.69) is 15.2 Å². The number of rotatable bonds is 4. The number of pyridine rings is 1. The number of nitrogens with zero attached hydrogens (tertiary/aromatic N) is 6. The molecule has 0 fully saturated rings. The standard InChI is InChI=1S/C16H20N6O/c1-11-14-6-5-7-17-16(14)22(19-11)10-15(23)20(3)9-13-8-18-21(4)12(13)2/h5-8H,9-10H2,1-4H3. The van der Waals surface area contributed by atoms with Gasteiger partial charge >= 0.3 is 0 Å². The summed E-state index contributed by atoms with van der Waals surface area (Å²) in [6.07, 6.45) is 3.52. The summed E-state index contributed by atoms with van der Waals surface area (Å²) in [6.45, 7) is 4.63. The lowest BCUT2D eigenvalue weighted by molar-refractivity contribution is -0.131. The van der Waals surface area contributed by atoms with Crippen molar-refractivity contribution in [2.75, 3.05) is 7.05 Å². The van der Waals surface area contributed by atoms with E-state index in [1.807, 2.05) is 37.7 Å². The number of likely N-dealkylation sites (N-methyl/N-ethyl adjacent to an activating group) is 1. The van der Waals surface area contributed by atoms with Crippen molar-refractivity contribution in [3.8, 4) is 0 Å². The Balaban J connectivity index is 1.76. The highest BCUT2D eigenvalue weighted by Gasteiger charge is 2.16. The fourth-order valence-electron chi connectivity index (χ4n) is 2.57. The molecule has 3 aromatic heterocycles. The second kappa shape index (κ2) is 5.83. The lowest BCUT2D eigenvalue weighted by atomic mass is 10.2. The highest BCUT2D eigenvalue weighted by molar-refractivity contribution is 5.81. The van der Waals surface area contributed by atoms with Crippen LogP contribution < -0.4 is 0 Å². The normalized spacial score (nSPS) is 11.1. The maximum Gasteiger partial charge on any atom is 0.244 e. The van der Waals surface area contributed by atoms with Gasteiger partial charge in [0.25, 0.3) is 0 Å². The summed E-state index contributed by atoms with van der Waals surface area (Å²) in [6, 6.07) is 3.84. The molecule has 0 N–H and O–H groups in total.